The van der Waals surface area contributed by atoms with Crippen molar-refractivity contribution in [1.82, 2.24) is 25.5 Å². The van der Waals surface area contributed by atoms with E-state index in [-0.39, 0.29) is 18.4 Å². The lowest BCUT2D eigenvalue weighted by Crippen LogP contribution is -2.23. The lowest BCUT2D eigenvalue weighted by Gasteiger charge is -2.08. The van der Waals surface area contributed by atoms with E-state index >= 15 is 0 Å². The second kappa shape index (κ2) is 5.79. The largest absolute Gasteiger partial charge is 0.345 e. The zero-order valence-electron chi connectivity index (χ0n) is 10.6. The number of hydrogen-bond donors (Lipinski definition) is 2. The molecule has 2 rings (SSSR count). The van der Waals surface area contributed by atoms with E-state index in [4.69, 9.17) is 11.6 Å². The molecule has 7 heteroatoms. The van der Waals surface area contributed by atoms with Crippen LogP contribution in [0.2, 0.25) is 5.15 Å². The molecule has 19 heavy (non-hydrogen) atoms. The van der Waals surface area contributed by atoms with Gasteiger partial charge in [0.25, 0.3) is 5.91 Å². The normalized spacial score (nSPS) is 10.7. The SMILES string of the molecule is CC(C)c1cc(C(=O)NCc2ncn[nH]2)cc(Cl)n1. The third kappa shape index (κ3) is 3.51. The number of H-pyrrole nitrogens is 1. The number of nitrogens with one attached hydrogen (secondary N) is 2. The summed E-state index contributed by atoms with van der Waals surface area (Å²) in [5.41, 5.74) is 1.28. The highest BCUT2D eigenvalue weighted by atomic mass is 35.5. The zero-order valence-corrected chi connectivity index (χ0v) is 11.4. The average Bonchev–Trinajstić information content (AvgIpc) is 2.88. The standard InChI is InChI=1S/C12H14ClN5O/c1-7(2)9-3-8(4-10(13)17-9)12(19)14-5-11-15-6-16-18-11/h3-4,6-7H,5H2,1-2H3,(H,14,19)(H,15,16,18). The Morgan fingerprint density at radius 3 is 2.89 bits per heavy atom. The number of aromatic amines is 1. The van der Waals surface area contributed by atoms with Crippen molar-refractivity contribution in [3.05, 3.63) is 40.7 Å². The maximum Gasteiger partial charge on any atom is 0.251 e. The van der Waals surface area contributed by atoms with Crippen LogP contribution in [0.15, 0.2) is 18.5 Å². The number of carbonyl (C=O) groups is 1. The van der Waals surface area contributed by atoms with E-state index in [0.29, 0.717) is 16.5 Å². The van der Waals surface area contributed by atoms with Gasteiger partial charge in [-0.05, 0) is 18.1 Å². The van der Waals surface area contributed by atoms with Gasteiger partial charge < -0.3 is 5.32 Å². The van der Waals surface area contributed by atoms with Gasteiger partial charge in [0.1, 0.15) is 17.3 Å². The minimum absolute atomic E-state index is 0.208. The van der Waals surface area contributed by atoms with Crippen LogP contribution in [0, 0.1) is 0 Å². The Hall–Kier alpha value is -1.95. The Morgan fingerprint density at radius 2 is 2.26 bits per heavy atom. The van der Waals surface area contributed by atoms with Crippen LogP contribution < -0.4 is 5.32 Å². The van der Waals surface area contributed by atoms with Gasteiger partial charge in [-0.2, -0.15) is 5.10 Å². The van der Waals surface area contributed by atoms with Crippen LogP contribution in [0.4, 0.5) is 0 Å². The third-order valence-corrected chi connectivity index (χ3v) is 2.74. The monoisotopic (exact) mass is 279 g/mol. The number of rotatable bonds is 4. The lowest BCUT2D eigenvalue weighted by molar-refractivity contribution is 0.0949. The molecule has 1 amide bonds. The Bertz CT molecular complexity index is 568. The summed E-state index contributed by atoms with van der Waals surface area (Å²) in [4.78, 5) is 20.1. The molecule has 0 atom stereocenters. The fourth-order valence-electron chi connectivity index (χ4n) is 1.53. The molecule has 0 aliphatic rings. The quantitative estimate of drug-likeness (QED) is 0.838. The minimum Gasteiger partial charge on any atom is -0.345 e. The molecule has 0 bridgehead atoms. The molecule has 6 nitrogen and oxygen atoms in total. The molecule has 0 aliphatic heterocycles. The summed E-state index contributed by atoms with van der Waals surface area (Å²) < 4.78 is 0. The molecule has 0 saturated heterocycles. The van der Waals surface area contributed by atoms with Crippen LogP contribution in [-0.4, -0.2) is 26.1 Å². The van der Waals surface area contributed by atoms with Crippen molar-refractivity contribution in [3.8, 4) is 0 Å². The van der Waals surface area contributed by atoms with Crippen molar-refractivity contribution < 1.29 is 4.79 Å². The molecule has 0 aliphatic carbocycles. The summed E-state index contributed by atoms with van der Waals surface area (Å²) in [6.07, 6.45) is 1.39. The number of carbonyl (C=O) groups excluding carboxylic acids is 1. The van der Waals surface area contributed by atoms with Gasteiger partial charge in [0.05, 0.1) is 6.54 Å². The van der Waals surface area contributed by atoms with E-state index in [1.807, 2.05) is 13.8 Å². The van der Waals surface area contributed by atoms with Gasteiger partial charge in [-0.25, -0.2) is 9.97 Å². The van der Waals surface area contributed by atoms with E-state index in [2.05, 4.69) is 25.5 Å². The predicted octanol–water partition coefficient (Wildman–Crippen LogP) is 1.91. The Morgan fingerprint density at radius 1 is 1.47 bits per heavy atom. The summed E-state index contributed by atoms with van der Waals surface area (Å²) in [5.74, 6) is 0.583. The van der Waals surface area contributed by atoms with Crippen molar-refractivity contribution >= 4 is 17.5 Å². The van der Waals surface area contributed by atoms with Gasteiger partial charge in [0, 0.05) is 11.3 Å². The highest BCUT2D eigenvalue weighted by molar-refractivity contribution is 6.29. The Kier molecular flexibility index (Phi) is 4.11. The summed E-state index contributed by atoms with van der Waals surface area (Å²) in [6, 6.07) is 3.29. The maximum atomic E-state index is 12.0. The van der Waals surface area contributed by atoms with E-state index in [0.717, 1.165) is 5.69 Å². The molecule has 0 unspecified atom stereocenters. The van der Waals surface area contributed by atoms with Crippen molar-refractivity contribution in [2.45, 2.75) is 26.3 Å². The molecular formula is C12H14ClN5O. The van der Waals surface area contributed by atoms with Gasteiger partial charge in [-0.15, -0.1) is 0 Å². The topological polar surface area (TPSA) is 83.6 Å². The molecule has 0 spiro atoms. The molecule has 0 fully saturated rings. The van der Waals surface area contributed by atoms with Crippen molar-refractivity contribution in [2.75, 3.05) is 0 Å². The van der Waals surface area contributed by atoms with Crippen LogP contribution in [0.1, 0.15) is 41.6 Å². The third-order valence-electron chi connectivity index (χ3n) is 2.55. The van der Waals surface area contributed by atoms with Crippen LogP contribution in [0.25, 0.3) is 0 Å². The fraction of sp³-hybridized carbons (Fsp3) is 0.333. The number of hydrogen-bond acceptors (Lipinski definition) is 4. The van der Waals surface area contributed by atoms with Crippen molar-refractivity contribution in [1.29, 1.82) is 0 Å². The van der Waals surface area contributed by atoms with E-state index in [9.17, 15) is 4.79 Å². The van der Waals surface area contributed by atoms with Gasteiger partial charge in [-0.3, -0.25) is 9.89 Å². The average molecular weight is 280 g/mol. The molecule has 2 N–H and O–H groups in total. The second-order valence-corrected chi connectivity index (χ2v) is 4.76. The maximum absolute atomic E-state index is 12.0. The molecule has 2 aromatic heterocycles. The number of halogens is 1. The Balaban J connectivity index is 2.10. The first-order valence-electron chi connectivity index (χ1n) is 5.86. The van der Waals surface area contributed by atoms with Gasteiger partial charge in [-0.1, -0.05) is 25.4 Å². The van der Waals surface area contributed by atoms with Gasteiger partial charge in [0.2, 0.25) is 0 Å². The molecule has 100 valence electrons. The molecule has 0 radical (unpaired) electrons. The number of nitrogens with zero attached hydrogens (tertiary/aromatic N) is 3. The van der Waals surface area contributed by atoms with Gasteiger partial charge in [0.15, 0.2) is 0 Å². The van der Waals surface area contributed by atoms with Crippen molar-refractivity contribution in [2.24, 2.45) is 0 Å². The zero-order chi connectivity index (χ0) is 13.8. The first kappa shape index (κ1) is 13.5. The summed E-state index contributed by atoms with van der Waals surface area (Å²) in [7, 11) is 0. The lowest BCUT2D eigenvalue weighted by atomic mass is 10.1. The molecule has 0 saturated carbocycles. The summed E-state index contributed by atoms with van der Waals surface area (Å²) >= 11 is 5.92. The van der Waals surface area contributed by atoms with E-state index in [1.54, 1.807) is 12.1 Å². The van der Waals surface area contributed by atoms with E-state index < -0.39 is 0 Å². The number of pyridine rings is 1. The fourth-order valence-corrected chi connectivity index (χ4v) is 1.74. The first-order chi connectivity index (χ1) is 9.06. The highest BCUT2D eigenvalue weighted by Gasteiger charge is 2.11. The Labute approximate surface area is 115 Å². The highest BCUT2D eigenvalue weighted by Crippen LogP contribution is 2.17. The summed E-state index contributed by atoms with van der Waals surface area (Å²) in [5, 5.41) is 9.43. The second-order valence-electron chi connectivity index (χ2n) is 4.37. The van der Waals surface area contributed by atoms with Crippen LogP contribution in [0.3, 0.4) is 0 Å². The van der Waals surface area contributed by atoms with Crippen LogP contribution in [0.5, 0.6) is 0 Å². The first-order valence-corrected chi connectivity index (χ1v) is 6.24. The van der Waals surface area contributed by atoms with Crippen molar-refractivity contribution in [3.63, 3.8) is 0 Å². The van der Waals surface area contributed by atoms with Crippen LogP contribution >= 0.6 is 11.6 Å². The summed E-state index contributed by atoms with van der Waals surface area (Å²) in [6.45, 7) is 4.28. The van der Waals surface area contributed by atoms with Gasteiger partial charge >= 0.3 is 0 Å². The van der Waals surface area contributed by atoms with Crippen LogP contribution in [-0.2, 0) is 6.54 Å². The number of amides is 1. The minimum atomic E-state index is -0.220. The predicted molar refractivity (Wildman–Crippen MR) is 70.9 cm³/mol. The molecule has 2 heterocycles. The number of aromatic nitrogens is 4. The molecule has 0 aromatic carbocycles. The smallest absolute Gasteiger partial charge is 0.251 e. The molecular weight excluding hydrogens is 266 g/mol. The van der Waals surface area contributed by atoms with E-state index in [1.165, 1.54) is 6.33 Å². The molecule has 2 aromatic rings.